The number of carbonyl (C=O) groups is 1. The zero-order valence-electron chi connectivity index (χ0n) is 14.9. The van der Waals surface area contributed by atoms with E-state index in [1.54, 1.807) is 13.8 Å². The van der Waals surface area contributed by atoms with E-state index in [0.29, 0.717) is 17.1 Å². The Labute approximate surface area is 151 Å². The van der Waals surface area contributed by atoms with Crippen molar-refractivity contribution >= 4 is 11.8 Å². The smallest absolute Gasteiger partial charge is 0.338 e. The fraction of sp³-hybridized carbons (Fsp3) is 0.250. The molecule has 0 radical (unpaired) electrons. The van der Waals surface area contributed by atoms with Crippen molar-refractivity contribution in [3.63, 3.8) is 0 Å². The molecule has 1 unspecified atom stereocenters. The third-order valence-electron chi connectivity index (χ3n) is 4.11. The molecule has 5 nitrogen and oxygen atoms in total. The number of rotatable bonds is 4. The molecule has 0 fully saturated rings. The van der Waals surface area contributed by atoms with Crippen molar-refractivity contribution in [1.29, 1.82) is 0 Å². The molecule has 0 saturated carbocycles. The minimum absolute atomic E-state index is 0.117. The first-order valence-electron chi connectivity index (χ1n) is 8.41. The third kappa shape index (κ3) is 3.49. The van der Waals surface area contributed by atoms with E-state index in [1.165, 1.54) is 18.3 Å². The monoisotopic (exact) mass is 353 g/mol. The molecule has 1 aromatic heterocycles. The van der Waals surface area contributed by atoms with Crippen LogP contribution in [0.2, 0.25) is 0 Å². The van der Waals surface area contributed by atoms with Crippen LogP contribution >= 0.6 is 0 Å². The highest BCUT2D eigenvalue weighted by molar-refractivity contribution is 6.02. The average molecular weight is 353 g/mol. The van der Waals surface area contributed by atoms with Crippen LogP contribution in [-0.4, -0.2) is 23.4 Å². The largest absolute Gasteiger partial charge is 0.463 e. The highest BCUT2D eigenvalue weighted by Crippen LogP contribution is 2.32. The van der Waals surface area contributed by atoms with Crippen molar-refractivity contribution < 1.29 is 13.9 Å². The van der Waals surface area contributed by atoms with Crippen LogP contribution in [0.15, 0.2) is 58.9 Å². The van der Waals surface area contributed by atoms with Crippen LogP contribution < -0.4 is 5.32 Å². The molecule has 0 bridgehead atoms. The lowest BCUT2D eigenvalue weighted by atomic mass is 9.95. The van der Waals surface area contributed by atoms with Crippen molar-refractivity contribution in [2.24, 2.45) is 4.99 Å². The quantitative estimate of drug-likeness (QED) is 0.855. The number of benzene rings is 1. The molecule has 1 aliphatic rings. The summed E-state index contributed by atoms with van der Waals surface area (Å²) in [7, 11) is 0. The Balaban J connectivity index is 2.10. The molecular weight excluding hydrogens is 333 g/mol. The fourth-order valence-electron chi connectivity index (χ4n) is 2.82. The summed E-state index contributed by atoms with van der Waals surface area (Å²) in [4.78, 5) is 21.2. The van der Waals surface area contributed by atoms with Gasteiger partial charge in [-0.2, -0.15) is 0 Å². The molecule has 2 aromatic rings. The number of pyridine rings is 1. The number of esters is 1. The topological polar surface area (TPSA) is 63.6 Å². The first kappa shape index (κ1) is 17.8. The molecule has 3 rings (SSSR count). The molecule has 2 heterocycles. The number of nitrogens with one attached hydrogen (secondary N) is 1. The molecule has 1 aromatic carbocycles. The highest BCUT2D eigenvalue weighted by Gasteiger charge is 2.31. The second-order valence-electron chi connectivity index (χ2n) is 6.01. The second kappa shape index (κ2) is 7.47. The van der Waals surface area contributed by atoms with E-state index in [2.05, 4.69) is 15.3 Å². The van der Waals surface area contributed by atoms with Crippen LogP contribution in [0.25, 0.3) is 0 Å². The molecule has 1 aliphatic heterocycles. The Morgan fingerprint density at radius 2 is 1.96 bits per heavy atom. The molecular formula is C20H20FN3O2. The van der Waals surface area contributed by atoms with Gasteiger partial charge in [0.1, 0.15) is 11.7 Å². The molecule has 6 heteroatoms. The Morgan fingerprint density at radius 1 is 1.23 bits per heavy atom. The number of aliphatic imine (C=N–C) groups is 1. The van der Waals surface area contributed by atoms with Gasteiger partial charge in [-0.05, 0) is 38.5 Å². The minimum atomic E-state index is -0.590. The lowest BCUT2D eigenvalue weighted by molar-refractivity contribution is -0.138. The van der Waals surface area contributed by atoms with E-state index in [4.69, 9.17) is 4.74 Å². The van der Waals surface area contributed by atoms with Gasteiger partial charge in [0.15, 0.2) is 11.7 Å². The summed E-state index contributed by atoms with van der Waals surface area (Å²) >= 11 is 0. The summed E-state index contributed by atoms with van der Waals surface area (Å²) in [6, 6.07) is 9.98. The Kier molecular flexibility index (Phi) is 5.11. The summed E-state index contributed by atoms with van der Waals surface area (Å²) in [5, 5.41) is 3.00. The van der Waals surface area contributed by atoms with E-state index < -0.39 is 17.8 Å². The van der Waals surface area contributed by atoms with Crippen LogP contribution in [0.4, 0.5) is 4.39 Å². The number of nitrogens with zero attached hydrogens (tertiary/aromatic N) is 2. The zero-order chi connectivity index (χ0) is 18.7. The number of aromatic nitrogens is 1. The van der Waals surface area contributed by atoms with Crippen LogP contribution in [0.3, 0.4) is 0 Å². The lowest BCUT2D eigenvalue weighted by Crippen LogP contribution is -2.33. The summed E-state index contributed by atoms with van der Waals surface area (Å²) in [6.45, 7) is 5.76. The van der Waals surface area contributed by atoms with Gasteiger partial charge in [0.05, 0.1) is 12.2 Å². The van der Waals surface area contributed by atoms with Gasteiger partial charge in [-0.3, -0.25) is 4.99 Å². The molecule has 0 amide bonds. The number of amidine groups is 1. The predicted octanol–water partition coefficient (Wildman–Crippen LogP) is 3.46. The van der Waals surface area contributed by atoms with Gasteiger partial charge < -0.3 is 10.1 Å². The fourth-order valence-corrected chi connectivity index (χ4v) is 2.82. The summed E-state index contributed by atoms with van der Waals surface area (Å²) in [5.74, 6) is -0.625. The number of aryl methyl sites for hydroxylation is 1. The standard InChI is InChI=1S/C20H20FN3O2/c1-4-26-20(25)16-13(3)23-19(18-15(21)6-5-11-22-18)24-17(16)14-9-7-12(2)8-10-14/h5-11,17H,4H2,1-3H3,(H,23,24). The number of hydrogen-bond donors (Lipinski definition) is 1. The second-order valence-corrected chi connectivity index (χ2v) is 6.01. The molecule has 1 atom stereocenters. The van der Waals surface area contributed by atoms with Gasteiger partial charge in [-0.15, -0.1) is 0 Å². The summed E-state index contributed by atoms with van der Waals surface area (Å²) < 4.78 is 19.4. The molecule has 134 valence electrons. The number of halogens is 1. The molecule has 0 spiro atoms. The van der Waals surface area contributed by atoms with Gasteiger partial charge in [0.25, 0.3) is 0 Å². The highest BCUT2D eigenvalue weighted by atomic mass is 19.1. The number of ether oxygens (including phenoxy) is 1. The lowest BCUT2D eigenvalue weighted by Gasteiger charge is -2.26. The van der Waals surface area contributed by atoms with E-state index in [1.807, 2.05) is 31.2 Å². The molecule has 1 N–H and O–H groups in total. The Hall–Kier alpha value is -3.02. The molecule has 26 heavy (non-hydrogen) atoms. The van der Waals surface area contributed by atoms with Gasteiger partial charge >= 0.3 is 5.97 Å². The number of carbonyl (C=O) groups excluding carboxylic acids is 1. The van der Waals surface area contributed by atoms with Gasteiger partial charge in [-0.1, -0.05) is 29.8 Å². The first-order chi connectivity index (χ1) is 12.5. The third-order valence-corrected chi connectivity index (χ3v) is 4.11. The first-order valence-corrected chi connectivity index (χ1v) is 8.41. The maximum Gasteiger partial charge on any atom is 0.338 e. The van der Waals surface area contributed by atoms with Crippen LogP contribution in [0.1, 0.15) is 36.7 Å². The zero-order valence-corrected chi connectivity index (χ0v) is 14.9. The van der Waals surface area contributed by atoms with Gasteiger partial charge in [-0.25, -0.2) is 14.2 Å². The van der Waals surface area contributed by atoms with E-state index in [-0.39, 0.29) is 12.3 Å². The van der Waals surface area contributed by atoms with E-state index in [0.717, 1.165) is 11.1 Å². The van der Waals surface area contributed by atoms with E-state index >= 15 is 0 Å². The summed E-state index contributed by atoms with van der Waals surface area (Å²) in [6.07, 6.45) is 1.50. The minimum Gasteiger partial charge on any atom is -0.463 e. The van der Waals surface area contributed by atoms with Crippen LogP contribution in [-0.2, 0) is 9.53 Å². The molecule has 0 aliphatic carbocycles. The normalized spacial score (nSPS) is 16.8. The predicted molar refractivity (Wildman–Crippen MR) is 97.1 cm³/mol. The van der Waals surface area contributed by atoms with E-state index in [9.17, 15) is 9.18 Å². The molecule has 0 saturated heterocycles. The van der Waals surface area contributed by atoms with Crippen LogP contribution in [0, 0.1) is 12.7 Å². The Morgan fingerprint density at radius 3 is 2.62 bits per heavy atom. The number of hydrogen-bond acceptors (Lipinski definition) is 5. The van der Waals surface area contributed by atoms with Crippen molar-refractivity contribution in [3.05, 3.63) is 76.5 Å². The van der Waals surface area contributed by atoms with Crippen molar-refractivity contribution in [2.75, 3.05) is 6.61 Å². The SMILES string of the molecule is CCOC(=O)C1=C(C)NC(c2ncccc2F)=NC1c1ccc(C)cc1. The van der Waals surface area contributed by atoms with Gasteiger partial charge in [0, 0.05) is 11.9 Å². The van der Waals surface area contributed by atoms with Gasteiger partial charge in [0.2, 0.25) is 0 Å². The number of allylic oxidation sites excluding steroid dienone is 1. The van der Waals surface area contributed by atoms with Crippen molar-refractivity contribution in [2.45, 2.75) is 26.8 Å². The van der Waals surface area contributed by atoms with Crippen molar-refractivity contribution in [1.82, 2.24) is 10.3 Å². The maximum atomic E-state index is 14.2. The van der Waals surface area contributed by atoms with Crippen LogP contribution in [0.5, 0.6) is 0 Å². The summed E-state index contributed by atoms with van der Waals surface area (Å²) in [5.41, 5.74) is 3.03. The van der Waals surface area contributed by atoms with Crippen molar-refractivity contribution in [3.8, 4) is 0 Å². The maximum absolute atomic E-state index is 14.2. The Bertz CT molecular complexity index is 888. The average Bonchev–Trinajstić information content (AvgIpc) is 2.62.